The number of rotatable bonds is 8. The Hall–Kier alpha value is -4.14. The van der Waals surface area contributed by atoms with Crippen molar-refractivity contribution in [3.05, 3.63) is 82.8 Å². The highest BCUT2D eigenvalue weighted by Crippen LogP contribution is 2.50. The molecule has 2 aliphatic rings. The molecule has 1 atom stereocenters. The van der Waals surface area contributed by atoms with Crippen LogP contribution in [0.25, 0.3) is 0 Å². The molecule has 9 nitrogen and oxygen atoms in total. The minimum atomic E-state index is -0.538. The van der Waals surface area contributed by atoms with Gasteiger partial charge in [0.15, 0.2) is 10.1 Å². The first-order valence-corrected chi connectivity index (χ1v) is 15.0. The molecule has 5 rings (SSSR count). The van der Waals surface area contributed by atoms with Crippen molar-refractivity contribution in [3.8, 4) is 11.8 Å². The fourth-order valence-corrected chi connectivity index (χ4v) is 6.86. The SMILES string of the molecule is CCOc1ccc(NC(=O)CSc2nnc(N3C(N)=C(C#N)C(c4ccccc4)C4=C3CC(C)(C)CC4=O)s2)cc1. The summed E-state index contributed by atoms with van der Waals surface area (Å²) in [6.07, 6.45) is 0.964. The lowest BCUT2D eigenvalue weighted by atomic mass is 9.69. The number of anilines is 2. The number of amides is 1. The topological polar surface area (TPSA) is 134 Å². The van der Waals surface area contributed by atoms with Crippen LogP contribution in [-0.2, 0) is 9.59 Å². The molecular weight excluding hydrogens is 557 g/mol. The maximum absolute atomic E-state index is 13.6. The average molecular weight is 587 g/mol. The fraction of sp³-hybridized carbons (Fsp3) is 0.300. The van der Waals surface area contributed by atoms with Gasteiger partial charge in [-0.05, 0) is 48.6 Å². The number of carbonyl (C=O) groups excluding carboxylic acids is 2. The first-order valence-electron chi connectivity index (χ1n) is 13.2. The van der Waals surface area contributed by atoms with Crippen LogP contribution in [0.15, 0.2) is 81.6 Å². The van der Waals surface area contributed by atoms with Crippen molar-refractivity contribution < 1.29 is 14.3 Å². The van der Waals surface area contributed by atoms with E-state index >= 15 is 0 Å². The van der Waals surface area contributed by atoms with Crippen LogP contribution in [0, 0.1) is 16.7 Å². The Balaban J connectivity index is 1.40. The highest BCUT2D eigenvalue weighted by Gasteiger charge is 2.45. The average Bonchev–Trinajstić information content (AvgIpc) is 3.41. The summed E-state index contributed by atoms with van der Waals surface area (Å²) in [7, 11) is 0. The molecule has 1 aromatic heterocycles. The number of nitrogens with zero attached hydrogens (tertiary/aromatic N) is 4. The van der Waals surface area contributed by atoms with Gasteiger partial charge in [0.2, 0.25) is 11.0 Å². The number of benzene rings is 2. The number of thioether (sulfide) groups is 1. The molecule has 2 aromatic carbocycles. The van der Waals surface area contributed by atoms with Crippen molar-refractivity contribution in [2.75, 3.05) is 22.6 Å². The molecule has 0 bridgehead atoms. The maximum Gasteiger partial charge on any atom is 0.234 e. The first kappa shape index (κ1) is 28.4. The maximum atomic E-state index is 13.6. The molecule has 1 amide bonds. The summed E-state index contributed by atoms with van der Waals surface area (Å²) < 4.78 is 6.01. The predicted molar refractivity (Wildman–Crippen MR) is 160 cm³/mol. The molecule has 0 saturated heterocycles. The van der Waals surface area contributed by atoms with Gasteiger partial charge in [-0.1, -0.05) is 67.3 Å². The van der Waals surface area contributed by atoms with E-state index in [2.05, 4.69) is 35.4 Å². The zero-order valence-electron chi connectivity index (χ0n) is 23.0. The van der Waals surface area contributed by atoms with E-state index in [4.69, 9.17) is 10.5 Å². The van der Waals surface area contributed by atoms with Crippen LogP contribution < -0.4 is 20.7 Å². The van der Waals surface area contributed by atoms with Gasteiger partial charge in [-0.2, -0.15) is 5.26 Å². The van der Waals surface area contributed by atoms with E-state index in [0.29, 0.717) is 45.8 Å². The molecule has 0 spiro atoms. The van der Waals surface area contributed by atoms with Gasteiger partial charge in [0.1, 0.15) is 11.6 Å². The van der Waals surface area contributed by atoms with Crippen molar-refractivity contribution >= 4 is 45.6 Å². The lowest BCUT2D eigenvalue weighted by Crippen LogP contribution is -2.42. The monoisotopic (exact) mass is 586 g/mol. The number of Topliss-reactive ketones (excluding diaryl/α,β-unsaturated/α-hetero) is 1. The molecule has 1 unspecified atom stereocenters. The van der Waals surface area contributed by atoms with Gasteiger partial charge in [0, 0.05) is 23.4 Å². The van der Waals surface area contributed by atoms with E-state index in [1.165, 1.54) is 23.1 Å². The van der Waals surface area contributed by atoms with Gasteiger partial charge >= 0.3 is 0 Å². The second-order valence-electron chi connectivity index (χ2n) is 10.5. The Kier molecular flexibility index (Phi) is 8.15. The van der Waals surface area contributed by atoms with Crippen molar-refractivity contribution in [3.63, 3.8) is 0 Å². The Morgan fingerprint density at radius 1 is 1.20 bits per heavy atom. The van der Waals surface area contributed by atoms with Crippen molar-refractivity contribution in [1.82, 2.24) is 10.2 Å². The first-order chi connectivity index (χ1) is 19.7. The van der Waals surface area contributed by atoms with Gasteiger partial charge in [0.25, 0.3) is 0 Å². The third-order valence-corrected chi connectivity index (χ3v) is 8.92. The van der Waals surface area contributed by atoms with E-state index in [-0.39, 0.29) is 28.7 Å². The van der Waals surface area contributed by atoms with E-state index < -0.39 is 5.92 Å². The molecule has 1 aliphatic heterocycles. The minimum absolute atomic E-state index is 0.000396. The van der Waals surface area contributed by atoms with Crippen LogP contribution in [0.5, 0.6) is 5.75 Å². The summed E-state index contributed by atoms with van der Waals surface area (Å²) in [5.41, 5.74) is 9.54. The van der Waals surface area contributed by atoms with Gasteiger partial charge in [-0.15, -0.1) is 10.2 Å². The molecule has 3 N–H and O–H groups in total. The standard InChI is InChI=1S/C30H30N6O3S2/c1-4-39-20-12-10-19(11-13-20)33-24(38)17-40-29-35-34-28(41-29)36-22-14-30(2,3)15-23(37)26(22)25(21(16-31)27(36)32)18-8-6-5-7-9-18/h5-13,25H,4,14-15,17,32H2,1-3H3,(H,33,38). The van der Waals surface area contributed by atoms with Crippen LogP contribution >= 0.6 is 23.1 Å². The Labute approximate surface area is 247 Å². The summed E-state index contributed by atoms with van der Waals surface area (Å²) >= 11 is 2.52. The van der Waals surface area contributed by atoms with E-state index in [1.807, 2.05) is 37.3 Å². The molecule has 210 valence electrons. The second-order valence-corrected chi connectivity index (χ2v) is 12.7. The van der Waals surface area contributed by atoms with Gasteiger partial charge < -0.3 is 15.8 Å². The molecule has 1 aliphatic carbocycles. The number of aromatic nitrogens is 2. The quantitative estimate of drug-likeness (QED) is 0.323. The van der Waals surface area contributed by atoms with Gasteiger partial charge in [0.05, 0.1) is 29.9 Å². The van der Waals surface area contributed by atoms with Crippen molar-refractivity contribution in [2.24, 2.45) is 11.1 Å². The van der Waals surface area contributed by atoms with Gasteiger partial charge in [-0.25, -0.2) is 0 Å². The lowest BCUT2D eigenvalue weighted by molar-refractivity contribution is -0.118. The number of ketones is 1. The molecule has 3 aromatic rings. The number of hydrogen-bond acceptors (Lipinski definition) is 10. The minimum Gasteiger partial charge on any atom is -0.494 e. The third-order valence-electron chi connectivity index (χ3n) is 6.88. The van der Waals surface area contributed by atoms with Crippen molar-refractivity contribution in [1.29, 1.82) is 5.26 Å². The second kappa shape index (κ2) is 11.8. The van der Waals surface area contributed by atoms with E-state index in [0.717, 1.165) is 17.0 Å². The fourth-order valence-electron chi connectivity index (χ4n) is 5.18. The summed E-state index contributed by atoms with van der Waals surface area (Å²) in [5, 5.41) is 22.2. The smallest absolute Gasteiger partial charge is 0.234 e. The van der Waals surface area contributed by atoms with E-state index in [1.54, 1.807) is 29.2 Å². The number of nitriles is 1. The van der Waals surface area contributed by atoms with Crippen LogP contribution in [0.3, 0.4) is 0 Å². The van der Waals surface area contributed by atoms with Gasteiger partial charge in [-0.3, -0.25) is 14.5 Å². The van der Waals surface area contributed by atoms with Crippen LogP contribution in [0.4, 0.5) is 10.8 Å². The lowest BCUT2D eigenvalue weighted by Gasteiger charge is -2.42. The van der Waals surface area contributed by atoms with E-state index in [9.17, 15) is 14.9 Å². The number of hydrogen-bond donors (Lipinski definition) is 2. The number of nitrogens with two attached hydrogens (primary N) is 1. The highest BCUT2D eigenvalue weighted by molar-refractivity contribution is 8.01. The normalized spacial score (nSPS) is 18.1. The number of carbonyl (C=O) groups is 2. The van der Waals surface area contributed by atoms with Crippen LogP contribution in [0.2, 0.25) is 0 Å². The third kappa shape index (κ3) is 5.99. The molecule has 2 heterocycles. The molecule has 0 saturated carbocycles. The number of nitrogens with one attached hydrogen (secondary N) is 1. The number of ether oxygens (including phenoxy) is 1. The highest BCUT2D eigenvalue weighted by atomic mass is 32.2. The van der Waals surface area contributed by atoms with Crippen molar-refractivity contribution in [2.45, 2.75) is 43.9 Å². The predicted octanol–water partition coefficient (Wildman–Crippen LogP) is 5.61. The molecule has 0 radical (unpaired) electrons. The Morgan fingerprint density at radius 3 is 2.61 bits per heavy atom. The Morgan fingerprint density at radius 2 is 1.93 bits per heavy atom. The summed E-state index contributed by atoms with van der Waals surface area (Å²) in [6, 6.07) is 19.0. The molecule has 0 fully saturated rings. The molecule has 41 heavy (non-hydrogen) atoms. The summed E-state index contributed by atoms with van der Waals surface area (Å²) in [4.78, 5) is 27.9. The largest absolute Gasteiger partial charge is 0.494 e. The summed E-state index contributed by atoms with van der Waals surface area (Å²) in [5.74, 6) is 0.390. The zero-order chi connectivity index (χ0) is 29.1. The molecular formula is C30H30N6O3S2. The Bertz CT molecular complexity index is 1570. The van der Waals surface area contributed by atoms with Crippen LogP contribution in [0.1, 0.15) is 45.1 Å². The summed E-state index contributed by atoms with van der Waals surface area (Å²) in [6.45, 7) is 6.59. The zero-order valence-corrected chi connectivity index (χ0v) is 24.6. The number of allylic oxidation sites excluding steroid dienone is 3. The molecule has 11 heteroatoms. The van der Waals surface area contributed by atoms with Crippen LogP contribution in [-0.4, -0.2) is 34.2 Å².